The maximum absolute atomic E-state index is 12.5. The summed E-state index contributed by atoms with van der Waals surface area (Å²) in [5, 5.41) is 13.6. The van der Waals surface area contributed by atoms with Crippen LogP contribution in [-0.2, 0) is 30.6 Å². The largest absolute Gasteiger partial charge is 0.481 e. The first-order valence-corrected chi connectivity index (χ1v) is 13.0. The summed E-state index contributed by atoms with van der Waals surface area (Å²) >= 11 is 1.79. The Morgan fingerprint density at radius 1 is 0.943 bits per heavy atom. The number of amides is 1. The molecule has 0 radical (unpaired) electrons. The quantitative estimate of drug-likeness (QED) is 0.243. The number of aliphatic carboxylic acids is 1. The number of hydrogen-bond donors (Lipinski definition) is 2. The van der Waals surface area contributed by atoms with Crippen LogP contribution in [0.4, 0.5) is 0 Å². The molecule has 0 aliphatic rings. The molecule has 4 aromatic rings. The number of unbranched alkanes of at least 4 members (excludes halogenated alkanes) is 1. The van der Waals surface area contributed by atoms with Crippen molar-refractivity contribution >= 4 is 34.2 Å². The molecular formula is C28H31N3O3S. The molecule has 0 saturated heterocycles. The van der Waals surface area contributed by atoms with E-state index in [1.165, 1.54) is 10.4 Å². The molecule has 0 atom stereocenters. The van der Waals surface area contributed by atoms with Crippen LogP contribution in [0.5, 0.6) is 0 Å². The van der Waals surface area contributed by atoms with Crippen molar-refractivity contribution in [1.82, 2.24) is 14.9 Å². The average molecular weight is 490 g/mol. The number of thiophene rings is 1. The van der Waals surface area contributed by atoms with E-state index in [2.05, 4.69) is 51.7 Å². The van der Waals surface area contributed by atoms with Crippen molar-refractivity contribution in [2.45, 2.75) is 51.5 Å². The van der Waals surface area contributed by atoms with Crippen molar-refractivity contribution < 1.29 is 14.7 Å². The number of carboxylic acids is 1. The van der Waals surface area contributed by atoms with Crippen LogP contribution in [0.15, 0.2) is 66.0 Å². The van der Waals surface area contributed by atoms with Crippen molar-refractivity contribution in [3.8, 4) is 0 Å². The fraction of sp³-hybridized carbons (Fsp3) is 0.321. The first-order valence-electron chi connectivity index (χ1n) is 12.2. The Morgan fingerprint density at radius 3 is 2.57 bits per heavy atom. The number of hydrogen-bond acceptors (Lipinski definition) is 4. The number of nitrogens with zero attached hydrogens (tertiary/aromatic N) is 2. The van der Waals surface area contributed by atoms with Crippen molar-refractivity contribution in [3.63, 3.8) is 0 Å². The molecule has 4 rings (SSSR count). The topological polar surface area (TPSA) is 84.2 Å². The van der Waals surface area contributed by atoms with Gasteiger partial charge < -0.3 is 15.0 Å². The van der Waals surface area contributed by atoms with Gasteiger partial charge in [0.05, 0.1) is 17.5 Å². The van der Waals surface area contributed by atoms with Crippen LogP contribution in [0, 0.1) is 0 Å². The fourth-order valence-corrected chi connectivity index (χ4v) is 5.02. The van der Waals surface area contributed by atoms with E-state index in [0.717, 1.165) is 61.9 Å². The molecule has 7 heteroatoms. The molecular weight excluding hydrogens is 458 g/mol. The summed E-state index contributed by atoms with van der Waals surface area (Å²) in [5.74, 6) is -0.150. The maximum atomic E-state index is 12.5. The highest BCUT2D eigenvalue weighted by Gasteiger charge is 2.14. The fourth-order valence-electron chi connectivity index (χ4n) is 4.27. The Balaban J connectivity index is 1.46. The lowest BCUT2D eigenvalue weighted by molar-refractivity contribution is -0.136. The van der Waals surface area contributed by atoms with Crippen LogP contribution in [0.3, 0.4) is 0 Å². The van der Waals surface area contributed by atoms with Gasteiger partial charge in [0.2, 0.25) is 0 Å². The van der Waals surface area contributed by atoms with Crippen LogP contribution in [0.2, 0.25) is 0 Å². The summed E-state index contributed by atoms with van der Waals surface area (Å²) in [6.07, 6.45) is 6.05. The summed E-state index contributed by atoms with van der Waals surface area (Å²) in [6, 6.07) is 20.4. The van der Waals surface area contributed by atoms with Crippen LogP contribution >= 0.6 is 11.3 Å². The number of carboxylic acid groups (broad SMARTS) is 1. The number of aromatic nitrogens is 2. The number of carbonyl (C=O) groups excluding carboxylic acids is 1. The highest BCUT2D eigenvalue weighted by Crippen LogP contribution is 2.22. The summed E-state index contributed by atoms with van der Waals surface area (Å²) in [5.41, 5.74) is 3.71. The Bertz CT molecular complexity index is 1250. The standard InChI is InChI=1S/C28H31N3O3S/c32-27(33)16-17-29-28(34)22-14-15-25-24(20-22)30-26(13-6-11-23-12-7-19-35-23)31(25)18-5-4-10-21-8-2-1-3-9-21/h1-3,7-9,12,14-15,19-20H,4-6,10-11,13,16-18H2,(H,29,34)(H,32,33). The van der Waals surface area contributed by atoms with E-state index < -0.39 is 5.97 Å². The van der Waals surface area contributed by atoms with Crippen LogP contribution < -0.4 is 5.32 Å². The first kappa shape index (κ1) is 24.7. The van der Waals surface area contributed by atoms with Gasteiger partial charge in [0, 0.05) is 30.0 Å². The average Bonchev–Trinajstić information content (AvgIpc) is 3.50. The predicted molar refractivity (Wildman–Crippen MR) is 140 cm³/mol. The summed E-state index contributed by atoms with van der Waals surface area (Å²) in [7, 11) is 0. The second kappa shape index (κ2) is 12.3. The normalized spacial score (nSPS) is 11.1. The molecule has 0 aliphatic heterocycles. The Morgan fingerprint density at radius 2 is 1.80 bits per heavy atom. The van der Waals surface area contributed by atoms with Gasteiger partial charge in [0.25, 0.3) is 5.91 Å². The second-order valence-electron chi connectivity index (χ2n) is 8.66. The first-order chi connectivity index (χ1) is 17.1. The minimum Gasteiger partial charge on any atom is -0.481 e. The van der Waals surface area contributed by atoms with E-state index in [-0.39, 0.29) is 18.9 Å². The lowest BCUT2D eigenvalue weighted by Gasteiger charge is -2.10. The van der Waals surface area contributed by atoms with Crippen molar-refractivity contribution in [3.05, 3.63) is 87.9 Å². The summed E-state index contributed by atoms with van der Waals surface area (Å²) in [6.45, 7) is 0.998. The second-order valence-corrected chi connectivity index (χ2v) is 9.69. The number of benzene rings is 2. The van der Waals surface area contributed by atoms with Crippen LogP contribution in [0.25, 0.3) is 11.0 Å². The molecule has 0 spiro atoms. The van der Waals surface area contributed by atoms with Gasteiger partial charge in [-0.2, -0.15) is 0 Å². The summed E-state index contributed by atoms with van der Waals surface area (Å²) in [4.78, 5) is 29.5. The molecule has 0 bridgehead atoms. The zero-order chi connectivity index (χ0) is 24.5. The molecule has 35 heavy (non-hydrogen) atoms. The van der Waals surface area contributed by atoms with Crippen molar-refractivity contribution in [2.24, 2.45) is 0 Å². The van der Waals surface area contributed by atoms with Gasteiger partial charge in [0.1, 0.15) is 5.82 Å². The van der Waals surface area contributed by atoms with Crippen LogP contribution in [-0.4, -0.2) is 33.1 Å². The van der Waals surface area contributed by atoms with Gasteiger partial charge in [-0.15, -0.1) is 11.3 Å². The molecule has 1 amide bonds. The summed E-state index contributed by atoms with van der Waals surface area (Å²) < 4.78 is 2.31. The predicted octanol–water partition coefficient (Wildman–Crippen LogP) is 5.50. The van der Waals surface area contributed by atoms with E-state index in [1.807, 2.05) is 18.2 Å². The van der Waals surface area contributed by atoms with Gasteiger partial charge in [-0.3, -0.25) is 9.59 Å². The molecule has 0 unspecified atom stereocenters. The van der Waals surface area contributed by atoms with Gasteiger partial charge >= 0.3 is 5.97 Å². The van der Waals surface area contributed by atoms with Gasteiger partial charge in [0.15, 0.2) is 0 Å². The lowest BCUT2D eigenvalue weighted by atomic mass is 10.1. The number of imidazole rings is 1. The molecule has 0 aliphatic carbocycles. The molecule has 2 heterocycles. The van der Waals surface area contributed by atoms with Crippen molar-refractivity contribution in [1.29, 1.82) is 0 Å². The molecule has 6 nitrogen and oxygen atoms in total. The number of carbonyl (C=O) groups is 2. The minimum atomic E-state index is -0.932. The van der Waals surface area contributed by atoms with E-state index >= 15 is 0 Å². The molecule has 0 fully saturated rings. The number of fused-ring (bicyclic) bond motifs is 1. The van der Waals surface area contributed by atoms with E-state index in [0.29, 0.717) is 5.56 Å². The zero-order valence-electron chi connectivity index (χ0n) is 19.8. The molecule has 2 N–H and O–H groups in total. The molecule has 0 saturated carbocycles. The Kier molecular flexibility index (Phi) is 8.68. The molecule has 182 valence electrons. The van der Waals surface area contributed by atoms with E-state index in [9.17, 15) is 9.59 Å². The monoisotopic (exact) mass is 489 g/mol. The minimum absolute atomic E-state index is 0.0972. The van der Waals surface area contributed by atoms with Gasteiger partial charge in [-0.1, -0.05) is 36.4 Å². The number of nitrogens with one attached hydrogen (secondary N) is 1. The smallest absolute Gasteiger partial charge is 0.305 e. The van der Waals surface area contributed by atoms with Crippen LogP contribution in [0.1, 0.15) is 52.3 Å². The third-order valence-electron chi connectivity index (χ3n) is 6.06. The molecule has 2 aromatic carbocycles. The third-order valence-corrected chi connectivity index (χ3v) is 6.99. The SMILES string of the molecule is O=C(O)CCNC(=O)c1ccc2c(c1)nc(CCCc1cccs1)n2CCCCc1ccccc1. The zero-order valence-corrected chi connectivity index (χ0v) is 20.6. The number of aryl methyl sites for hydroxylation is 4. The van der Waals surface area contributed by atoms with Crippen molar-refractivity contribution in [2.75, 3.05) is 6.54 Å². The lowest BCUT2D eigenvalue weighted by Crippen LogP contribution is -2.25. The number of rotatable bonds is 13. The van der Waals surface area contributed by atoms with E-state index in [4.69, 9.17) is 10.1 Å². The molecule has 2 aromatic heterocycles. The Hall–Kier alpha value is -3.45. The maximum Gasteiger partial charge on any atom is 0.305 e. The van der Waals surface area contributed by atoms with E-state index in [1.54, 1.807) is 17.4 Å². The highest BCUT2D eigenvalue weighted by atomic mass is 32.1. The highest BCUT2D eigenvalue weighted by molar-refractivity contribution is 7.09. The van der Waals surface area contributed by atoms with Gasteiger partial charge in [-0.25, -0.2) is 4.98 Å². The van der Waals surface area contributed by atoms with Gasteiger partial charge in [-0.05, 0) is 67.3 Å². The Labute approximate surface area is 209 Å². The third kappa shape index (κ3) is 7.02.